The summed E-state index contributed by atoms with van der Waals surface area (Å²) in [6.07, 6.45) is 4.81. The summed E-state index contributed by atoms with van der Waals surface area (Å²) in [5.74, 6) is 0.853. The van der Waals surface area contributed by atoms with Gasteiger partial charge in [0.1, 0.15) is 17.9 Å². The van der Waals surface area contributed by atoms with Crippen molar-refractivity contribution in [3.63, 3.8) is 0 Å². The zero-order valence-corrected chi connectivity index (χ0v) is 27.0. The Hall–Kier alpha value is -2.89. The number of benzene rings is 1. The first-order chi connectivity index (χ1) is 20.5. The minimum absolute atomic E-state index is 0.0620. The van der Waals surface area contributed by atoms with E-state index in [1.54, 1.807) is 12.0 Å². The Balaban J connectivity index is 1.43. The zero-order valence-electron chi connectivity index (χ0n) is 27.0. The highest BCUT2D eigenvalue weighted by Gasteiger charge is 2.50. The molecule has 1 aromatic heterocycles. The van der Waals surface area contributed by atoms with Crippen LogP contribution in [0.3, 0.4) is 0 Å². The van der Waals surface area contributed by atoms with Crippen LogP contribution in [-0.4, -0.2) is 102 Å². The normalized spacial score (nSPS) is 17.2. The molecule has 4 rings (SSSR count). The van der Waals surface area contributed by atoms with Crippen molar-refractivity contribution in [1.82, 2.24) is 30.3 Å². The number of ether oxygens (including phenoxy) is 2. The second-order valence-electron chi connectivity index (χ2n) is 13.0. The Bertz CT molecular complexity index is 1200. The molecule has 10 nitrogen and oxygen atoms in total. The molecular weight excluding hydrogens is 549 g/mol. The molecular formula is C32H50FN7O3. The predicted molar refractivity (Wildman–Crippen MR) is 166 cm³/mol. The third kappa shape index (κ3) is 7.99. The molecule has 2 aliphatic heterocycles. The topological polar surface area (TPSA) is 96.0 Å². The van der Waals surface area contributed by atoms with E-state index < -0.39 is 5.82 Å². The van der Waals surface area contributed by atoms with Crippen LogP contribution in [0, 0.1) is 17.2 Å². The number of rotatable bonds is 15. The number of halogens is 1. The summed E-state index contributed by atoms with van der Waals surface area (Å²) in [4.78, 5) is 24.6. The SMILES string of the molecule is COCCNCCC[C@H](C(C)C)N1CC2(CCN(c3ncnnc3Oc3ccc(F)cc3C(=O)N(C(C)C)C(C)C)C2)C1. The van der Waals surface area contributed by atoms with E-state index in [9.17, 15) is 9.18 Å². The number of aromatic nitrogens is 3. The summed E-state index contributed by atoms with van der Waals surface area (Å²) in [6, 6.07) is 4.44. The summed E-state index contributed by atoms with van der Waals surface area (Å²) in [7, 11) is 1.73. The minimum atomic E-state index is -0.501. The van der Waals surface area contributed by atoms with Crippen molar-refractivity contribution >= 4 is 11.7 Å². The summed E-state index contributed by atoms with van der Waals surface area (Å²) < 4.78 is 25.7. The molecule has 11 heteroatoms. The zero-order chi connectivity index (χ0) is 31.1. The van der Waals surface area contributed by atoms with Gasteiger partial charge in [-0.3, -0.25) is 9.69 Å². The molecule has 1 N–H and O–H groups in total. The van der Waals surface area contributed by atoms with E-state index in [0.717, 1.165) is 58.7 Å². The Morgan fingerprint density at radius 1 is 1.12 bits per heavy atom. The lowest BCUT2D eigenvalue weighted by Gasteiger charge is -2.53. The van der Waals surface area contributed by atoms with Crippen molar-refractivity contribution in [2.75, 3.05) is 57.9 Å². The first kappa shape index (κ1) is 33.0. The van der Waals surface area contributed by atoms with Crippen molar-refractivity contribution in [3.8, 4) is 11.6 Å². The maximum absolute atomic E-state index is 14.4. The largest absolute Gasteiger partial charge is 0.434 e. The van der Waals surface area contributed by atoms with E-state index in [0.29, 0.717) is 17.8 Å². The van der Waals surface area contributed by atoms with Gasteiger partial charge in [-0.1, -0.05) is 13.8 Å². The van der Waals surface area contributed by atoms with Gasteiger partial charge in [0.15, 0.2) is 5.82 Å². The van der Waals surface area contributed by atoms with Gasteiger partial charge in [-0.05, 0) is 77.6 Å². The van der Waals surface area contributed by atoms with E-state index >= 15 is 0 Å². The number of nitrogens with one attached hydrogen (secondary N) is 1. The highest BCUT2D eigenvalue weighted by Crippen LogP contribution is 2.44. The van der Waals surface area contributed by atoms with Crippen LogP contribution < -0.4 is 15.0 Å². The second kappa shape index (κ2) is 14.7. The summed E-state index contributed by atoms with van der Waals surface area (Å²) in [5, 5.41) is 11.7. The van der Waals surface area contributed by atoms with E-state index in [1.165, 1.54) is 30.9 Å². The number of carbonyl (C=O) groups excluding carboxylic acids is 1. The smallest absolute Gasteiger partial charge is 0.282 e. The van der Waals surface area contributed by atoms with Crippen LogP contribution in [0.4, 0.5) is 10.2 Å². The van der Waals surface area contributed by atoms with E-state index in [4.69, 9.17) is 9.47 Å². The van der Waals surface area contributed by atoms with Gasteiger partial charge >= 0.3 is 0 Å². The van der Waals surface area contributed by atoms with Gasteiger partial charge in [0, 0.05) is 63.4 Å². The third-order valence-electron chi connectivity index (χ3n) is 8.69. The van der Waals surface area contributed by atoms with Crippen molar-refractivity contribution in [1.29, 1.82) is 0 Å². The molecule has 1 atom stereocenters. The second-order valence-corrected chi connectivity index (χ2v) is 13.0. The fraction of sp³-hybridized carbons (Fsp3) is 0.688. The number of anilines is 1. The highest BCUT2D eigenvalue weighted by molar-refractivity contribution is 5.97. The van der Waals surface area contributed by atoms with Crippen LogP contribution in [0.15, 0.2) is 24.5 Å². The van der Waals surface area contributed by atoms with Gasteiger partial charge in [-0.25, -0.2) is 9.37 Å². The fourth-order valence-corrected chi connectivity index (χ4v) is 6.71. The molecule has 2 fully saturated rings. The van der Waals surface area contributed by atoms with Gasteiger partial charge in [0.2, 0.25) is 0 Å². The number of likely N-dealkylation sites (tertiary alicyclic amines) is 1. The number of carbonyl (C=O) groups is 1. The molecule has 0 unspecified atom stereocenters. The first-order valence-corrected chi connectivity index (χ1v) is 15.7. The quantitative estimate of drug-likeness (QED) is 0.294. The Morgan fingerprint density at radius 3 is 2.53 bits per heavy atom. The highest BCUT2D eigenvalue weighted by atomic mass is 19.1. The van der Waals surface area contributed by atoms with Gasteiger partial charge in [-0.15, -0.1) is 10.2 Å². The maximum Gasteiger partial charge on any atom is 0.282 e. The molecule has 2 saturated heterocycles. The van der Waals surface area contributed by atoms with E-state index in [-0.39, 0.29) is 40.6 Å². The average Bonchev–Trinajstić information content (AvgIpc) is 3.38. The maximum atomic E-state index is 14.4. The Labute approximate surface area is 256 Å². The van der Waals surface area contributed by atoms with E-state index in [1.807, 2.05) is 27.7 Å². The first-order valence-electron chi connectivity index (χ1n) is 15.7. The summed E-state index contributed by atoms with van der Waals surface area (Å²) in [6.45, 7) is 18.9. The van der Waals surface area contributed by atoms with Gasteiger partial charge in [0.05, 0.1) is 12.2 Å². The van der Waals surface area contributed by atoms with Crippen LogP contribution in [0.25, 0.3) is 0 Å². The minimum Gasteiger partial charge on any atom is -0.434 e. The van der Waals surface area contributed by atoms with Gasteiger partial charge in [0.25, 0.3) is 11.8 Å². The molecule has 0 saturated carbocycles. The molecule has 1 spiro atoms. The van der Waals surface area contributed by atoms with E-state index in [2.05, 4.69) is 44.1 Å². The van der Waals surface area contributed by atoms with Gasteiger partial charge < -0.3 is 24.6 Å². The standard InChI is InChI=1S/C32H50FN7O3/c1-22(2)27(9-8-13-34-14-16-42-7)39-19-32(20-39)12-15-38(18-32)29-30(37-36-21-35-29)43-28-11-10-25(33)17-26(28)31(41)40(23(3)4)24(5)6/h10-11,17,21-24,27,34H,8-9,12-16,18-20H2,1-7H3/t27-/m1/s1. The van der Waals surface area contributed by atoms with Crippen LogP contribution in [0.5, 0.6) is 11.6 Å². The molecule has 0 radical (unpaired) electrons. The van der Waals surface area contributed by atoms with Crippen molar-refractivity contribution in [3.05, 3.63) is 35.9 Å². The third-order valence-corrected chi connectivity index (χ3v) is 8.69. The number of amides is 1. The van der Waals surface area contributed by atoms with Crippen molar-refractivity contribution in [2.45, 2.75) is 78.9 Å². The van der Waals surface area contributed by atoms with Crippen LogP contribution in [-0.2, 0) is 4.74 Å². The van der Waals surface area contributed by atoms with Gasteiger partial charge in [-0.2, -0.15) is 0 Å². The van der Waals surface area contributed by atoms with Crippen LogP contribution >= 0.6 is 0 Å². The molecule has 2 aromatic rings. The molecule has 3 heterocycles. The molecule has 0 aliphatic carbocycles. The molecule has 0 bridgehead atoms. The number of hydrogen-bond acceptors (Lipinski definition) is 9. The number of hydrogen-bond donors (Lipinski definition) is 1. The average molecular weight is 600 g/mol. The number of methoxy groups -OCH3 is 1. The molecule has 43 heavy (non-hydrogen) atoms. The molecule has 1 amide bonds. The predicted octanol–water partition coefficient (Wildman–Crippen LogP) is 4.61. The Morgan fingerprint density at radius 2 is 1.86 bits per heavy atom. The summed E-state index contributed by atoms with van der Waals surface area (Å²) in [5.41, 5.74) is 0.359. The van der Waals surface area contributed by atoms with Crippen molar-refractivity contribution < 1.29 is 18.7 Å². The van der Waals surface area contributed by atoms with Crippen LogP contribution in [0.2, 0.25) is 0 Å². The molecule has 2 aliphatic rings. The monoisotopic (exact) mass is 599 g/mol. The fourth-order valence-electron chi connectivity index (χ4n) is 6.71. The lowest BCUT2D eigenvalue weighted by molar-refractivity contribution is -0.0339. The van der Waals surface area contributed by atoms with Crippen molar-refractivity contribution in [2.24, 2.45) is 11.3 Å². The molecule has 238 valence electrons. The lowest BCUT2D eigenvalue weighted by atomic mass is 9.76. The number of nitrogens with zero attached hydrogens (tertiary/aromatic N) is 6. The molecule has 1 aromatic carbocycles. The summed E-state index contributed by atoms with van der Waals surface area (Å²) >= 11 is 0. The Kier molecular flexibility index (Phi) is 11.3. The lowest BCUT2D eigenvalue weighted by Crippen LogP contribution is -2.62. The van der Waals surface area contributed by atoms with Crippen LogP contribution in [0.1, 0.15) is 71.2 Å².